The first-order valence-electron chi connectivity index (χ1n) is 5.70. The van der Waals surface area contributed by atoms with E-state index < -0.39 is 8.24 Å². The number of rotatable bonds is 3. The smallest absolute Gasteiger partial charge is 0.119 e. The highest BCUT2D eigenvalue weighted by molar-refractivity contribution is 6.73. The third-order valence-corrected chi connectivity index (χ3v) is 5.16. The molecule has 0 atom stereocenters. The zero-order chi connectivity index (χ0) is 10.6. The molecule has 1 saturated heterocycles. The van der Waals surface area contributed by atoms with Crippen molar-refractivity contribution in [2.45, 2.75) is 33.0 Å². The van der Waals surface area contributed by atoms with E-state index in [0.717, 1.165) is 6.42 Å². The monoisotopic (exact) mass is 212 g/mol. The molecule has 0 unspecified atom stereocenters. The molecule has 0 aromatic carbocycles. The summed E-state index contributed by atoms with van der Waals surface area (Å²) in [7, 11) is -1.03. The van der Waals surface area contributed by atoms with Crippen LogP contribution in [0.2, 0.25) is 19.6 Å². The minimum Gasteiger partial charge on any atom is -0.375 e. The van der Waals surface area contributed by atoms with Gasteiger partial charge in [0, 0.05) is 26.2 Å². The van der Waals surface area contributed by atoms with Gasteiger partial charge in [0.15, 0.2) is 0 Å². The lowest BCUT2D eigenvalue weighted by Crippen LogP contribution is -2.54. The van der Waals surface area contributed by atoms with Gasteiger partial charge in [0.2, 0.25) is 0 Å². The van der Waals surface area contributed by atoms with E-state index in [-0.39, 0.29) is 0 Å². The summed E-state index contributed by atoms with van der Waals surface area (Å²) in [6.07, 6.45) is 5.67. The summed E-state index contributed by atoms with van der Waals surface area (Å²) in [4.78, 5) is 2.44. The van der Waals surface area contributed by atoms with Crippen LogP contribution < -0.4 is 0 Å². The van der Waals surface area contributed by atoms with E-state index in [1.54, 1.807) is 0 Å². The minimum absolute atomic E-state index is 1.03. The van der Waals surface area contributed by atoms with Crippen molar-refractivity contribution < 1.29 is 0 Å². The predicted octanol–water partition coefficient (Wildman–Crippen LogP) is 2.36. The molecule has 1 heterocycles. The van der Waals surface area contributed by atoms with E-state index >= 15 is 0 Å². The van der Waals surface area contributed by atoms with Crippen molar-refractivity contribution in [2.24, 2.45) is 0 Å². The minimum atomic E-state index is -1.03. The molecule has 2 nitrogen and oxygen atoms in total. The molecule has 1 aliphatic rings. The van der Waals surface area contributed by atoms with Crippen molar-refractivity contribution in [2.75, 3.05) is 26.2 Å². The van der Waals surface area contributed by atoms with Gasteiger partial charge >= 0.3 is 0 Å². The first-order chi connectivity index (χ1) is 6.54. The van der Waals surface area contributed by atoms with E-state index in [2.05, 4.69) is 48.3 Å². The van der Waals surface area contributed by atoms with E-state index in [9.17, 15) is 0 Å². The highest BCUT2D eigenvalue weighted by atomic mass is 28.3. The predicted molar refractivity (Wildman–Crippen MR) is 65.9 cm³/mol. The molecule has 1 aliphatic heterocycles. The number of hydrogen-bond donors (Lipinski definition) is 0. The van der Waals surface area contributed by atoms with Crippen molar-refractivity contribution in [1.29, 1.82) is 0 Å². The van der Waals surface area contributed by atoms with Crippen molar-refractivity contribution in [3.63, 3.8) is 0 Å². The molecule has 0 N–H and O–H groups in total. The Labute approximate surface area is 89.7 Å². The van der Waals surface area contributed by atoms with Gasteiger partial charge in [0.1, 0.15) is 8.24 Å². The standard InChI is InChI=1S/C11H24N2Si/c1-5-6-7-12-8-10-13(11-9-12)14(2,3)4/h6-7H,5,8-11H2,1-4H3/b7-6+. The molecule has 3 heteroatoms. The first kappa shape index (κ1) is 11.8. The van der Waals surface area contributed by atoms with Gasteiger partial charge in [-0.2, -0.15) is 0 Å². The van der Waals surface area contributed by atoms with Crippen LogP contribution in [-0.2, 0) is 0 Å². The Morgan fingerprint density at radius 2 is 1.64 bits per heavy atom. The molecule has 0 radical (unpaired) electrons. The van der Waals surface area contributed by atoms with Crippen molar-refractivity contribution >= 4 is 8.24 Å². The summed E-state index contributed by atoms with van der Waals surface area (Å²) in [6, 6.07) is 0. The van der Waals surface area contributed by atoms with Gasteiger partial charge < -0.3 is 9.47 Å². The summed E-state index contributed by atoms with van der Waals surface area (Å²) < 4.78 is 2.70. The van der Waals surface area contributed by atoms with Gasteiger partial charge in [0.05, 0.1) is 0 Å². The van der Waals surface area contributed by atoms with Crippen LogP contribution in [0.4, 0.5) is 0 Å². The van der Waals surface area contributed by atoms with E-state index in [1.165, 1.54) is 26.2 Å². The van der Waals surface area contributed by atoms with Crippen LogP contribution in [0, 0.1) is 0 Å². The number of hydrogen-bond acceptors (Lipinski definition) is 2. The number of piperazine rings is 1. The Morgan fingerprint density at radius 3 is 2.07 bits per heavy atom. The van der Waals surface area contributed by atoms with Gasteiger partial charge in [-0.05, 0) is 12.6 Å². The summed E-state index contributed by atoms with van der Waals surface area (Å²) >= 11 is 0. The Kier molecular flexibility index (Phi) is 4.20. The van der Waals surface area contributed by atoms with Crippen molar-refractivity contribution in [1.82, 2.24) is 9.47 Å². The maximum atomic E-state index is 2.70. The van der Waals surface area contributed by atoms with Crippen molar-refractivity contribution in [3.8, 4) is 0 Å². The van der Waals surface area contributed by atoms with E-state index in [4.69, 9.17) is 0 Å². The Bertz CT molecular complexity index is 188. The van der Waals surface area contributed by atoms with Gasteiger partial charge in [0.25, 0.3) is 0 Å². The van der Waals surface area contributed by atoms with Crippen LogP contribution in [0.3, 0.4) is 0 Å². The van der Waals surface area contributed by atoms with Crippen LogP contribution >= 0.6 is 0 Å². The molecule has 0 bridgehead atoms. The zero-order valence-electron chi connectivity index (χ0n) is 10.1. The fraction of sp³-hybridized carbons (Fsp3) is 0.818. The third-order valence-electron chi connectivity index (χ3n) is 2.81. The topological polar surface area (TPSA) is 6.48 Å². The maximum absolute atomic E-state index is 2.70. The number of allylic oxidation sites excluding steroid dienone is 1. The Morgan fingerprint density at radius 1 is 1.07 bits per heavy atom. The highest BCUT2D eigenvalue weighted by Gasteiger charge is 2.26. The molecule has 0 amide bonds. The summed E-state index contributed by atoms with van der Waals surface area (Å²) in [5.74, 6) is 0. The zero-order valence-corrected chi connectivity index (χ0v) is 11.1. The Balaban J connectivity index is 2.35. The first-order valence-corrected chi connectivity index (χ1v) is 9.14. The van der Waals surface area contributed by atoms with Crippen LogP contribution in [0.15, 0.2) is 12.3 Å². The second kappa shape index (κ2) is 4.98. The molecule has 0 aliphatic carbocycles. The molecule has 1 rings (SSSR count). The van der Waals surface area contributed by atoms with Gasteiger partial charge in [-0.25, -0.2) is 0 Å². The molecule has 0 spiro atoms. The lowest BCUT2D eigenvalue weighted by Gasteiger charge is -2.41. The van der Waals surface area contributed by atoms with Crippen LogP contribution in [0.1, 0.15) is 13.3 Å². The summed E-state index contributed by atoms with van der Waals surface area (Å²) in [5, 5.41) is 0. The SMILES string of the molecule is CC/C=C/N1CCN([Si](C)(C)C)CC1. The fourth-order valence-electron chi connectivity index (χ4n) is 1.80. The molecule has 14 heavy (non-hydrogen) atoms. The average Bonchev–Trinajstić information content (AvgIpc) is 2.14. The van der Waals surface area contributed by atoms with Crippen molar-refractivity contribution in [3.05, 3.63) is 12.3 Å². The fourth-order valence-corrected chi connectivity index (χ4v) is 3.34. The normalized spacial score (nSPS) is 20.7. The number of nitrogens with zero attached hydrogens (tertiary/aromatic N) is 2. The molecule has 82 valence electrons. The maximum Gasteiger partial charge on any atom is 0.119 e. The highest BCUT2D eigenvalue weighted by Crippen LogP contribution is 2.12. The van der Waals surface area contributed by atoms with Gasteiger partial charge in [-0.15, -0.1) is 0 Å². The average molecular weight is 212 g/mol. The lowest BCUT2D eigenvalue weighted by molar-refractivity contribution is 0.239. The van der Waals surface area contributed by atoms with Crippen LogP contribution in [-0.4, -0.2) is 43.9 Å². The van der Waals surface area contributed by atoms with E-state index in [1.807, 2.05) is 0 Å². The molecular formula is C11H24N2Si. The molecular weight excluding hydrogens is 188 g/mol. The largest absolute Gasteiger partial charge is 0.375 e. The second-order valence-electron chi connectivity index (χ2n) is 4.99. The van der Waals surface area contributed by atoms with E-state index in [0.29, 0.717) is 0 Å². The molecule has 0 aromatic rings. The van der Waals surface area contributed by atoms with Gasteiger partial charge in [-0.1, -0.05) is 32.6 Å². The molecule has 0 saturated carbocycles. The Hall–Kier alpha value is -0.283. The quantitative estimate of drug-likeness (QED) is 0.663. The molecule has 0 aromatic heterocycles. The summed E-state index contributed by atoms with van der Waals surface area (Å²) in [5.41, 5.74) is 0. The van der Waals surface area contributed by atoms with Crippen LogP contribution in [0.5, 0.6) is 0 Å². The van der Waals surface area contributed by atoms with Crippen LogP contribution in [0.25, 0.3) is 0 Å². The molecule has 1 fully saturated rings. The summed E-state index contributed by atoms with van der Waals surface area (Å²) in [6.45, 7) is 14.4. The van der Waals surface area contributed by atoms with Gasteiger partial charge in [-0.3, -0.25) is 0 Å². The second-order valence-corrected chi connectivity index (χ2v) is 9.96. The lowest BCUT2D eigenvalue weighted by atomic mass is 10.3. The third kappa shape index (κ3) is 3.46.